The highest BCUT2D eigenvalue weighted by Gasteiger charge is 2.45. The van der Waals surface area contributed by atoms with Gasteiger partial charge in [-0.15, -0.1) is 0 Å². The van der Waals surface area contributed by atoms with E-state index in [4.69, 9.17) is 0 Å². The smallest absolute Gasteiger partial charge is 0.0645 e. The Balaban J connectivity index is 0.955. The van der Waals surface area contributed by atoms with Crippen LogP contribution in [-0.2, 0) is 28.1 Å². The van der Waals surface area contributed by atoms with Crippen LogP contribution in [0.3, 0.4) is 0 Å². The van der Waals surface area contributed by atoms with E-state index in [0.717, 1.165) is 122 Å². The average molecular weight is 1480 g/mol. The first-order chi connectivity index (χ1) is 61.2. The molecule has 2 aliphatic heterocycles. The van der Waals surface area contributed by atoms with Gasteiger partial charge in [0.05, 0.1) is 101 Å². The van der Waals surface area contributed by atoms with Crippen LogP contribution in [0.1, 0.15) is 161 Å². The second-order valence-electron chi connectivity index (χ2n) is 34.9. The molecular weight excluding hydrogens is 1370 g/mol. The molecule has 1 aliphatic carbocycles. The van der Waals surface area contributed by atoms with Crippen molar-refractivity contribution in [2.45, 2.75) is 117 Å². The number of nitrogens with zero attached hydrogens (tertiary/aromatic N) is 5. The molecule has 15 aromatic carbocycles. The molecular formula is C108H91N5. The van der Waals surface area contributed by atoms with Gasteiger partial charge in [-0.2, -0.15) is 0 Å². The van der Waals surface area contributed by atoms with Crippen LogP contribution in [0, 0.1) is 0 Å². The van der Waals surface area contributed by atoms with Crippen LogP contribution in [0.2, 0.25) is 0 Å². The van der Waals surface area contributed by atoms with E-state index < -0.39 is 108 Å². The summed E-state index contributed by atoms with van der Waals surface area (Å²) in [6.07, 6.45) is 0.364. The lowest BCUT2D eigenvalue weighted by Gasteiger charge is -2.46. The minimum absolute atomic E-state index is 0.0729. The van der Waals surface area contributed by atoms with Crippen molar-refractivity contribution in [2.75, 3.05) is 9.80 Å². The van der Waals surface area contributed by atoms with Crippen molar-refractivity contribution in [3.63, 3.8) is 0 Å². The zero-order chi connectivity index (χ0) is 90.8. The Labute approximate surface area is 685 Å². The minimum Gasteiger partial charge on any atom is -0.309 e. The molecule has 21 rings (SSSR count). The van der Waals surface area contributed by atoms with Gasteiger partial charge in [0, 0.05) is 67.0 Å². The lowest BCUT2D eigenvalue weighted by atomic mass is 9.74. The lowest BCUT2D eigenvalue weighted by Crippen LogP contribution is -2.30. The molecule has 548 valence electrons. The van der Waals surface area contributed by atoms with E-state index in [0.29, 0.717) is 29.2 Å². The Hall–Kier alpha value is -12.7. The Bertz CT molecular complexity index is 7740. The summed E-state index contributed by atoms with van der Waals surface area (Å²) in [4.78, 5) is 4.57. The van der Waals surface area contributed by atoms with Gasteiger partial charge in [0.1, 0.15) is 0 Å². The maximum absolute atomic E-state index is 10.3. The second-order valence-corrected chi connectivity index (χ2v) is 34.9. The summed E-state index contributed by atoms with van der Waals surface area (Å²) in [7, 11) is 0. The lowest BCUT2D eigenvalue weighted by molar-refractivity contribution is 0.590. The van der Waals surface area contributed by atoms with Crippen LogP contribution in [0.4, 0.5) is 34.1 Å². The number of aromatic nitrogens is 3. The van der Waals surface area contributed by atoms with Crippen molar-refractivity contribution in [3.05, 3.63) is 365 Å². The quantitative estimate of drug-likeness (QED) is 0.151. The number of hydrogen-bond acceptors (Lipinski definition) is 2. The van der Waals surface area contributed by atoms with Crippen molar-refractivity contribution in [1.82, 2.24) is 13.7 Å². The predicted molar refractivity (Wildman–Crippen MR) is 479 cm³/mol. The predicted octanol–water partition coefficient (Wildman–Crippen LogP) is 29.5. The van der Waals surface area contributed by atoms with E-state index in [1.165, 1.54) is 11.1 Å². The molecule has 1 unspecified atom stereocenters. The van der Waals surface area contributed by atoms with Gasteiger partial charge in [0.25, 0.3) is 0 Å². The number of hydrogen-bond donors (Lipinski definition) is 0. The summed E-state index contributed by atoms with van der Waals surface area (Å²) in [5, 5.41) is 1.85. The third-order valence-electron chi connectivity index (χ3n) is 24.0. The van der Waals surface area contributed by atoms with E-state index in [9.17, 15) is 21.9 Å². The van der Waals surface area contributed by atoms with E-state index in [-0.39, 0.29) is 71.2 Å². The van der Waals surface area contributed by atoms with Crippen LogP contribution in [0.25, 0.3) is 127 Å². The van der Waals surface area contributed by atoms with Crippen molar-refractivity contribution >= 4 is 99.5 Å². The molecule has 0 saturated heterocycles. The largest absolute Gasteiger partial charge is 0.309 e. The molecule has 3 aliphatic rings. The molecule has 0 fully saturated rings. The second kappa shape index (κ2) is 24.9. The van der Waals surface area contributed by atoms with Gasteiger partial charge in [-0.25, -0.2) is 0 Å². The first-order valence-corrected chi connectivity index (χ1v) is 39.1. The monoisotopic (exact) mass is 1470 g/mol. The summed E-state index contributed by atoms with van der Waals surface area (Å²) < 4.78 is 161. The Morgan fingerprint density at radius 3 is 1.20 bits per heavy atom. The summed E-state index contributed by atoms with van der Waals surface area (Å²) >= 11 is 0. The third-order valence-corrected chi connectivity index (χ3v) is 24.0. The van der Waals surface area contributed by atoms with Gasteiger partial charge in [0.2, 0.25) is 0 Å². The molecule has 5 heterocycles. The molecule has 0 saturated carbocycles. The minimum atomic E-state index is -0.770. The highest BCUT2D eigenvalue weighted by Crippen LogP contribution is 2.65. The standard InChI is InChI=1S/C108H91N5/c1-105(2,3)70-35-27-34-68(56-70)69-48-52-82-98(57-69)113(104-84(66-30-15-13-16-31-66)60-73(108(10,11)12)61-85(104)67-32-17-14-18-33-67)101-64-75(110-92-44-25-21-38-80(92)81-39-22-26-45-93(81)110)63-100-103(101)102(82)83-53-51-74(109-90-42-23-19-36-78(90)79-37-20-24-43-91(79)109)62-99(83)112(100)95-47-29-41-77-76-40-28-46-94(88(76)65-89(77)95)111-96-54-49-71(106(4,5)6)58-86(96)87-59-72(107(7,8)9)50-55-97(87)111/h13-64,102H,65H2,1-12H3/i19D,20D,21D,22D,23D,24D,25D,26D,36D,37D,38D,39D,42D,43D,44D,45D. The fourth-order valence-corrected chi connectivity index (χ4v) is 18.3. The summed E-state index contributed by atoms with van der Waals surface area (Å²) in [6.45, 7) is 26.7. The average Bonchev–Trinajstić information content (AvgIpc) is 1.27. The molecule has 18 aromatic rings. The summed E-state index contributed by atoms with van der Waals surface area (Å²) in [6, 6.07) is 68.4. The first-order valence-electron chi connectivity index (χ1n) is 47.1. The molecule has 0 N–H and O–H groups in total. The summed E-state index contributed by atoms with van der Waals surface area (Å²) in [5.74, 6) is -0.770. The number of anilines is 6. The topological polar surface area (TPSA) is 21.3 Å². The first kappa shape index (κ1) is 53.2. The SMILES string of the molecule is [2H]c1c([2H])c([2H])c2c(c1[2H])c1c([2H])c([2H])c([2H])c([2H])c1n2-c1ccc2c(c1)N(c1cccc3c1Cc1c-3cccc1-n1c3ccc(C(C)(C)C)cc3c3cc(C(C)(C)C)ccc31)c1cc(-n3c4c([2H])c([2H])c([2H])c([2H])c4c4c([2H])c([2H])c([2H])c([2H])c43)cc3c1C2c1ccc(-c2cccc(C(C)(C)C)c2)cc1N3c1c(-c2ccccc2)cc(C(C)(C)C)cc1-c1ccccc1. The van der Waals surface area contributed by atoms with Gasteiger partial charge in [-0.3, -0.25) is 0 Å². The van der Waals surface area contributed by atoms with Crippen LogP contribution in [0.5, 0.6) is 0 Å². The van der Waals surface area contributed by atoms with Gasteiger partial charge < -0.3 is 23.5 Å². The highest BCUT2D eigenvalue weighted by atomic mass is 15.2. The molecule has 1 atom stereocenters. The van der Waals surface area contributed by atoms with Crippen molar-refractivity contribution in [2.24, 2.45) is 0 Å². The number of fused-ring (bicyclic) bond motifs is 16. The fourth-order valence-electron chi connectivity index (χ4n) is 18.3. The maximum Gasteiger partial charge on any atom is 0.0645 e. The molecule has 0 amide bonds. The molecule has 0 bridgehead atoms. The fraction of sp³-hybridized carbons (Fsp3) is 0.167. The Morgan fingerprint density at radius 1 is 0.274 bits per heavy atom. The van der Waals surface area contributed by atoms with Gasteiger partial charge >= 0.3 is 0 Å². The van der Waals surface area contributed by atoms with Crippen LogP contribution in [0.15, 0.2) is 315 Å². The van der Waals surface area contributed by atoms with Crippen molar-refractivity contribution < 1.29 is 21.9 Å². The zero-order valence-electron chi connectivity index (χ0n) is 81.3. The zero-order valence-corrected chi connectivity index (χ0v) is 65.3. The van der Waals surface area contributed by atoms with E-state index in [1.54, 1.807) is 9.13 Å². The van der Waals surface area contributed by atoms with Gasteiger partial charge in [-0.1, -0.05) is 295 Å². The molecule has 0 radical (unpaired) electrons. The molecule has 5 nitrogen and oxygen atoms in total. The highest BCUT2D eigenvalue weighted by molar-refractivity contribution is 6.14. The number of para-hydroxylation sites is 4. The molecule has 5 heteroatoms. The normalized spacial score (nSPS) is 16.0. The summed E-state index contributed by atoms with van der Waals surface area (Å²) in [5.41, 5.74) is 22.3. The Morgan fingerprint density at radius 2 is 0.690 bits per heavy atom. The van der Waals surface area contributed by atoms with E-state index in [1.807, 2.05) is 66.7 Å². The molecule has 113 heavy (non-hydrogen) atoms. The van der Waals surface area contributed by atoms with E-state index in [2.05, 4.69) is 249 Å². The van der Waals surface area contributed by atoms with Gasteiger partial charge in [0.15, 0.2) is 0 Å². The van der Waals surface area contributed by atoms with E-state index >= 15 is 0 Å². The van der Waals surface area contributed by atoms with Crippen LogP contribution in [-0.4, -0.2) is 13.7 Å². The molecule has 0 spiro atoms. The van der Waals surface area contributed by atoms with Crippen LogP contribution >= 0.6 is 0 Å². The number of benzene rings is 15. The Kier molecular flexibility index (Phi) is 11.7. The van der Waals surface area contributed by atoms with Crippen molar-refractivity contribution in [1.29, 1.82) is 0 Å². The third kappa shape index (κ3) is 10.6. The number of rotatable bonds is 8. The van der Waals surface area contributed by atoms with Crippen molar-refractivity contribution in [3.8, 4) is 61.6 Å². The van der Waals surface area contributed by atoms with Crippen LogP contribution < -0.4 is 9.80 Å². The maximum atomic E-state index is 10.3. The molecule has 3 aromatic heterocycles. The van der Waals surface area contributed by atoms with Gasteiger partial charge in [-0.05, 0) is 203 Å².